The van der Waals surface area contributed by atoms with E-state index in [2.05, 4.69) is 29.4 Å². The zero-order valence-electron chi connectivity index (χ0n) is 18.9. The lowest BCUT2D eigenvalue weighted by Crippen LogP contribution is -2.26. The average molecular weight is 466 g/mol. The van der Waals surface area contributed by atoms with Crippen LogP contribution in [0.3, 0.4) is 0 Å². The van der Waals surface area contributed by atoms with Crippen LogP contribution >= 0.6 is 11.8 Å². The monoisotopic (exact) mass is 465 g/mol. The Morgan fingerprint density at radius 3 is 2.70 bits per heavy atom. The predicted octanol–water partition coefficient (Wildman–Crippen LogP) is 5.20. The summed E-state index contributed by atoms with van der Waals surface area (Å²) in [5.74, 6) is 1.12. The van der Waals surface area contributed by atoms with Gasteiger partial charge < -0.3 is 9.88 Å². The molecule has 2 aromatic carbocycles. The molecular weight excluding hydrogens is 437 g/mol. The maximum Gasteiger partial charge on any atom is 0.220 e. The number of para-hydroxylation sites is 1. The highest BCUT2D eigenvalue weighted by Crippen LogP contribution is 2.28. The highest BCUT2D eigenvalue weighted by molar-refractivity contribution is 7.99. The summed E-state index contributed by atoms with van der Waals surface area (Å²) in [5, 5.41) is 13.2. The molecule has 0 saturated carbocycles. The van der Waals surface area contributed by atoms with Gasteiger partial charge in [-0.25, -0.2) is 9.37 Å². The number of thioether (sulfide) groups is 1. The minimum absolute atomic E-state index is 0.102. The van der Waals surface area contributed by atoms with Crippen LogP contribution in [0.4, 0.5) is 4.39 Å². The van der Waals surface area contributed by atoms with E-state index in [4.69, 9.17) is 4.98 Å². The molecule has 2 aromatic heterocycles. The molecule has 1 amide bonds. The number of unbranched alkanes of at least 4 members (excludes halogenated alkanes) is 1. The first-order chi connectivity index (χ1) is 16.0. The molecule has 172 valence electrons. The molecule has 0 aliphatic heterocycles. The SMILES string of the molecule is CC(C)CNC(=O)CCCCSc1nnc2c3ccccc3n(Cc3ccccc3F)c2n1. The summed E-state index contributed by atoms with van der Waals surface area (Å²) >= 11 is 1.53. The van der Waals surface area contributed by atoms with E-state index in [1.165, 1.54) is 17.8 Å². The number of hydrogen-bond donors (Lipinski definition) is 1. The van der Waals surface area contributed by atoms with Crippen LogP contribution < -0.4 is 5.32 Å². The van der Waals surface area contributed by atoms with E-state index in [1.807, 2.05) is 34.9 Å². The second kappa shape index (κ2) is 10.7. The first-order valence-corrected chi connectivity index (χ1v) is 12.3. The molecular formula is C25H28FN5OS. The second-order valence-corrected chi connectivity index (χ2v) is 9.53. The smallest absolute Gasteiger partial charge is 0.220 e. The summed E-state index contributed by atoms with van der Waals surface area (Å²) in [6.45, 7) is 5.24. The van der Waals surface area contributed by atoms with Gasteiger partial charge in [0.15, 0.2) is 5.65 Å². The summed E-state index contributed by atoms with van der Waals surface area (Å²) in [6.07, 6.45) is 2.24. The van der Waals surface area contributed by atoms with Crippen LogP contribution in [0.25, 0.3) is 22.1 Å². The molecule has 0 aliphatic carbocycles. The average Bonchev–Trinajstić information content (AvgIpc) is 3.12. The highest BCUT2D eigenvalue weighted by Gasteiger charge is 2.16. The van der Waals surface area contributed by atoms with Gasteiger partial charge in [-0.1, -0.05) is 62.0 Å². The molecule has 2 heterocycles. The van der Waals surface area contributed by atoms with Crippen molar-refractivity contribution in [3.05, 3.63) is 59.9 Å². The predicted molar refractivity (Wildman–Crippen MR) is 131 cm³/mol. The zero-order valence-corrected chi connectivity index (χ0v) is 19.7. The Morgan fingerprint density at radius 2 is 1.88 bits per heavy atom. The molecule has 0 fully saturated rings. The van der Waals surface area contributed by atoms with Gasteiger partial charge in [0.1, 0.15) is 11.3 Å². The summed E-state index contributed by atoms with van der Waals surface area (Å²) in [5.41, 5.74) is 2.97. The standard InChI is InChI=1S/C25H28FN5OS/c1-17(2)15-27-22(32)13-7-8-14-33-25-28-24-23(29-30-25)19-10-4-6-12-21(19)31(24)16-18-9-3-5-11-20(18)26/h3-6,9-12,17H,7-8,13-16H2,1-2H3,(H,27,32). The Morgan fingerprint density at radius 1 is 1.09 bits per heavy atom. The molecule has 0 aliphatic rings. The number of nitrogens with one attached hydrogen (secondary N) is 1. The lowest BCUT2D eigenvalue weighted by molar-refractivity contribution is -0.121. The molecule has 4 aromatic rings. The minimum Gasteiger partial charge on any atom is -0.356 e. The van der Waals surface area contributed by atoms with Crippen molar-refractivity contribution in [2.24, 2.45) is 5.92 Å². The third-order valence-corrected chi connectivity index (χ3v) is 6.30. The van der Waals surface area contributed by atoms with E-state index in [1.54, 1.807) is 12.1 Å². The van der Waals surface area contributed by atoms with E-state index < -0.39 is 0 Å². The van der Waals surface area contributed by atoms with Gasteiger partial charge in [0.25, 0.3) is 0 Å². The Bertz CT molecular complexity index is 1260. The van der Waals surface area contributed by atoms with E-state index >= 15 is 0 Å². The summed E-state index contributed by atoms with van der Waals surface area (Å²) < 4.78 is 16.4. The van der Waals surface area contributed by atoms with Crippen LogP contribution in [0.1, 0.15) is 38.7 Å². The van der Waals surface area contributed by atoms with Gasteiger partial charge in [-0.2, -0.15) is 0 Å². The third kappa shape index (κ3) is 5.68. The largest absolute Gasteiger partial charge is 0.356 e. The first-order valence-electron chi connectivity index (χ1n) is 11.3. The number of carbonyl (C=O) groups is 1. The zero-order chi connectivity index (χ0) is 23.2. The fourth-order valence-corrected chi connectivity index (χ4v) is 4.45. The van der Waals surface area contributed by atoms with Gasteiger partial charge in [0, 0.05) is 29.7 Å². The molecule has 6 nitrogen and oxygen atoms in total. The molecule has 0 bridgehead atoms. The summed E-state index contributed by atoms with van der Waals surface area (Å²) in [4.78, 5) is 16.6. The summed E-state index contributed by atoms with van der Waals surface area (Å²) in [7, 11) is 0. The summed E-state index contributed by atoms with van der Waals surface area (Å²) in [6, 6.07) is 14.7. The third-order valence-electron chi connectivity index (χ3n) is 5.38. The number of fused-ring (bicyclic) bond motifs is 3. The van der Waals surface area contributed by atoms with Gasteiger partial charge >= 0.3 is 0 Å². The van der Waals surface area contributed by atoms with Crippen molar-refractivity contribution in [2.45, 2.75) is 44.8 Å². The van der Waals surface area contributed by atoms with E-state index in [-0.39, 0.29) is 11.7 Å². The Kier molecular flexibility index (Phi) is 7.54. The Labute approximate surface area is 197 Å². The fraction of sp³-hybridized carbons (Fsp3) is 0.360. The van der Waals surface area contributed by atoms with Crippen LogP contribution in [-0.2, 0) is 11.3 Å². The molecule has 8 heteroatoms. The Hall–Kier alpha value is -3.00. The second-order valence-electron chi connectivity index (χ2n) is 8.46. The number of halogens is 1. The number of benzene rings is 2. The van der Waals surface area contributed by atoms with E-state index in [0.29, 0.717) is 47.3 Å². The quantitative estimate of drug-likeness (QED) is 0.257. The van der Waals surface area contributed by atoms with Crippen LogP contribution in [-0.4, -0.2) is 38.0 Å². The number of nitrogens with zero attached hydrogens (tertiary/aromatic N) is 4. The lowest BCUT2D eigenvalue weighted by atomic mass is 10.2. The van der Waals surface area contributed by atoms with Gasteiger partial charge in [0.2, 0.25) is 11.1 Å². The molecule has 0 spiro atoms. The number of aromatic nitrogens is 4. The molecule has 0 saturated heterocycles. The van der Waals surface area contributed by atoms with Crippen molar-refractivity contribution in [2.75, 3.05) is 12.3 Å². The van der Waals surface area contributed by atoms with Crippen molar-refractivity contribution < 1.29 is 9.18 Å². The van der Waals surface area contributed by atoms with Crippen molar-refractivity contribution in [3.63, 3.8) is 0 Å². The van der Waals surface area contributed by atoms with E-state index in [0.717, 1.165) is 29.5 Å². The van der Waals surface area contributed by atoms with Crippen molar-refractivity contribution in [1.29, 1.82) is 0 Å². The van der Waals surface area contributed by atoms with Crippen LogP contribution in [0.2, 0.25) is 0 Å². The van der Waals surface area contributed by atoms with Gasteiger partial charge in [-0.3, -0.25) is 4.79 Å². The molecule has 0 unspecified atom stereocenters. The van der Waals surface area contributed by atoms with Crippen molar-refractivity contribution in [3.8, 4) is 0 Å². The van der Waals surface area contributed by atoms with Crippen LogP contribution in [0, 0.1) is 11.7 Å². The van der Waals surface area contributed by atoms with Crippen molar-refractivity contribution >= 4 is 39.7 Å². The normalized spacial score (nSPS) is 11.5. The molecule has 0 radical (unpaired) electrons. The van der Waals surface area contributed by atoms with E-state index in [9.17, 15) is 9.18 Å². The van der Waals surface area contributed by atoms with Gasteiger partial charge in [0.05, 0.1) is 12.1 Å². The number of hydrogen-bond acceptors (Lipinski definition) is 5. The molecule has 0 atom stereocenters. The topological polar surface area (TPSA) is 72.7 Å². The number of amides is 1. The van der Waals surface area contributed by atoms with Crippen LogP contribution in [0.5, 0.6) is 0 Å². The van der Waals surface area contributed by atoms with Gasteiger partial charge in [-0.05, 0) is 30.9 Å². The van der Waals surface area contributed by atoms with Crippen molar-refractivity contribution in [1.82, 2.24) is 25.1 Å². The fourth-order valence-electron chi connectivity index (χ4n) is 3.66. The number of carbonyl (C=O) groups excluding carboxylic acids is 1. The van der Waals surface area contributed by atoms with Crippen LogP contribution in [0.15, 0.2) is 53.7 Å². The molecule has 33 heavy (non-hydrogen) atoms. The molecule has 4 rings (SSSR count). The van der Waals surface area contributed by atoms with Gasteiger partial charge in [-0.15, -0.1) is 10.2 Å². The molecule has 1 N–H and O–H groups in total. The highest BCUT2D eigenvalue weighted by atomic mass is 32.2. The first kappa shape index (κ1) is 23.2. The maximum absolute atomic E-state index is 14.4. The number of rotatable bonds is 10. The minimum atomic E-state index is -0.238. The maximum atomic E-state index is 14.4. The Balaban J connectivity index is 1.47. The lowest BCUT2D eigenvalue weighted by Gasteiger charge is -2.08.